The van der Waals surface area contributed by atoms with Crippen LogP contribution in [0.3, 0.4) is 0 Å². The van der Waals surface area contributed by atoms with Gasteiger partial charge in [0.1, 0.15) is 6.61 Å². The van der Waals surface area contributed by atoms with Gasteiger partial charge in [0.05, 0.1) is 0 Å². The molecule has 1 atom stereocenters. The molecular weight excluding hydrogens is 396 g/mol. The first-order valence-corrected chi connectivity index (χ1v) is 13.8. The number of esters is 1. The molecule has 0 saturated carbocycles. The molecule has 0 aliphatic rings. The molecule has 3 nitrogen and oxygen atoms in total. The van der Waals surface area contributed by atoms with Crippen LogP contribution in [0.5, 0.6) is 0 Å². The van der Waals surface area contributed by atoms with Crippen LogP contribution in [0.2, 0.25) is 18.1 Å². The van der Waals surface area contributed by atoms with Gasteiger partial charge in [-0.05, 0) is 55.6 Å². The summed E-state index contributed by atoms with van der Waals surface area (Å²) in [4.78, 5) is 14.2. The zero-order valence-corrected chi connectivity index (χ0v) is 20.8. The third-order valence-corrected chi connectivity index (χ3v) is 11.4. The van der Waals surface area contributed by atoms with Crippen LogP contribution in [0, 0.1) is 20.8 Å². The van der Waals surface area contributed by atoms with Crippen molar-refractivity contribution in [2.24, 2.45) is 0 Å². The topological polar surface area (TPSA) is 35.5 Å². The maximum absolute atomic E-state index is 13.1. The van der Waals surface area contributed by atoms with Crippen LogP contribution >= 0.6 is 11.8 Å². The highest BCUT2D eigenvalue weighted by Gasteiger charge is 2.41. The monoisotopic (exact) mass is 430 g/mol. The van der Waals surface area contributed by atoms with Crippen LogP contribution in [0.15, 0.2) is 47.4 Å². The van der Waals surface area contributed by atoms with Crippen molar-refractivity contribution in [2.45, 2.75) is 76.6 Å². The summed E-state index contributed by atoms with van der Waals surface area (Å²) in [6.45, 7) is 17.4. The van der Waals surface area contributed by atoms with Crippen molar-refractivity contribution in [2.75, 3.05) is 0 Å². The Balaban J connectivity index is 2.26. The summed E-state index contributed by atoms with van der Waals surface area (Å²) in [5.41, 5.74) is 3.83. The van der Waals surface area contributed by atoms with Crippen LogP contribution in [0.1, 0.15) is 43.0 Å². The van der Waals surface area contributed by atoms with Gasteiger partial charge in [-0.1, -0.05) is 80.6 Å². The number of rotatable bonds is 7. The van der Waals surface area contributed by atoms with E-state index in [1.807, 2.05) is 30.3 Å². The molecule has 0 heterocycles. The fraction of sp³-hybridized carbons (Fsp3) is 0.458. The number of carbonyl (C=O) groups excluding carboxylic acids is 1. The van der Waals surface area contributed by atoms with E-state index in [2.05, 4.69) is 66.8 Å². The second-order valence-corrected chi connectivity index (χ2v) is 15.0. The molecule has 29 heavy (non-hydrogen) atoms. The van der Waals surface area contributed by atoms with Crippen LogP contribution in [0.4, 0.5) is 0 Å². The summed E-state index contributed by atoms with van der Waals surface area (Å²) >= 11 is 1.47. The SMILES string of the molecule is Cc1cc(C)c(SC(O[Si](C)(C)C(C)(C)C)C(=O)OCc2ccccc2)c(C)c1. The highest BCUT2D eigenvalue weighted by atomic mass is 32.2. The lowest BCUT2D eigenvalue weighted by Crippen LogP contribution is -2.45. The molecule has 0 aromatic heterocycles. The van der Waals surface area contributed by atoms with Crippen molar-refractivity contribution < 1.29 is 14.0 Å². The molecule has 0 fully saturated rings. The molecule has 2 aromatic rings. The molecule has 0 aliphatic carbocycles. The van der Waals surface area contributed by atoms with Gasteiger partial charge in [-0.15, -0.1) is 0 Å². The lowest BCUT2D eigenvalue weighted by molar-refractivity contribution is -0.149. The first-order valence-electron chi connectivity index (χ1n) is 10.0. The lowest BCUT2D eigenvalue weighted by atomic mass is 10.1. The minimum atomic E-state index is -2.16. The number of thioether (sulfide) groups is 1. The van der Waals surface area contributed by atoms with E-state index in [-0.39, 0.29) is 17.6 Å². The van der Waals surface area contributed by atoms with Gasteiger partial charge in [-0.3, -0.25) is 0 Å². The summed E-state index contributed by atoms with van der Waals surface area (Å²) in [7, 11) is -2.16. The van der Waals surface area contributed by atoms with E-state index < -0.39 is 13.8 Å². The van der Waals surface area contributed by atoms with Gasteiger partial charge in [-0.25, -0.2) is 4.79 Å². The minimum absolute atomic E-state index is 0.00286. The van der Waals surface area contributed by atoms with Crippen molar-refractivity contribution in [1.29, 1.82) is 0 Å². The number of benzene rings is 2. The van der Waals surface area contributed by atoms with E-state index in [0.29, 0.717) is 0 Å². The fourth-order valence-electron chi connectivity index (χ4n) is 2.82. The lowest BCUT2D eigenvalue weighted by Gasteiger charge is -2.38. The molecule has 0 radical (unpaired) electrons. The Morgan fingerprint density at radius 2 is 1.59 bits per heavy atom. The largest absolute Gasteiger partial charge is 0.458 e. The molecule has 0 saturated heterocycles. The zero-order valence-electron chi connectivity index (χ0n) is 19.0. The molecule has 1 unspecified atom stereocenters. The van der Waals surface area contributed by atoms with E-state index in [4.69, 9.17) is 9.16 Å². The first-order chi connectivity index (χ1) is 13.4. The van der Waals surface area contributed by atoms with Gasteiger partial charge in [0, 0.05) is 4.90 Å². The van der Waals surface area contributed by atoms with Crippen LogP contribution in [-0.2, 0) is 20.6 Å². The molecule has 158 valence electrons. The van der Waals surface area contributed by atoms with Gasteiger partial charge >= 0.3 is 5.97 Å². The van der Waals surface area contributed by atoms with E-state index in [1.54, 1.807) is 0 Å². The van der Waals surface area contributed by atoms with Crippen molar-refractivity contribution in [1.82, 2.24) is 0 Å². The normalized spacial score (nSPS) is 13.2. The van der Waals surface area contributed by atoms with Crippen LogP contribution in [0.25, 0.3) is 0 Å². The Labute approximate surface area is 181 Å². The van der Waals surface area contributed by atoms with Crippen LogP contribution in [-0.4, -0.2) is 19.7 Å². The van der Waals surface area contributed by atoms with Crippen molar-refractivity contribution >= 4 is 26.0 Å². The van der Waals surface area contributed by atoms with Gasteiger partial charge in [0.2, 0.25) is 0 Å². The number of aryl methyl sites for hydroxylation is 3. The second kappa shape index (κ2) is 9.50. The number of carbonyl (C=O) groups is 1. The third kappa shape index (κ3) is 6.46. The molecule has 0 aliphatic heterocycles. The maximum Gasteiger partial charge on any atom is 0.345 e. The predicted molar refractivity (Wildman–Crippen MR) is 125 cm³/mol. The fourth-order valence-corrected chi connectivity index (χ4v) is 5.59. The summed E-state index contributed by atoms with van der Waals surface area (Å²) in [5.74, 6) is -0.317. The number of ether oxygens (including phenoxy) is 1. The molecule has 2 rings (SSSR count). The van der Waals surface area contributed by atoms with E-state index in [0.717, 1.165) is 21.6 Å². The Bertz CT molecular complexity index is 818. The molecule has 5 heteroatoms. The summed E-state index contributed by atoms with van der Waals surface area (Å²) in [6, 6.07) is 14.0. The second-order valence-electron chi connectivity index (χ2n) is 9.15. The van der Waals surface area contributed by atoms with Crippen molar-refractivity contribution in [3.05, 3.63) is 64.7 Å². The Kier molecular flexibility index (Phi) is 7.77. The van der Waals surface area contributed by atoms with Crippen LogP contribution < -0.4 is 0 Å². The summed E-state index contributed by atoms with van der Waals surface area (Å²) in [6.07, 6.45) is 0. The summed E-state index contributed by atoms with van der Waals surface area (Å²) < 4.78 is 12.2. The van der Waals surface area contributed by atoms with E-state index >= 15 is 0 Å². The third-order valence-electron chi connectivity index (χ3n) is 5.45. The molecule has 0 spiro atoms. The molecule has 0 N–H and O–H groups in total. The Hall–Kier alpha value is -1.56. The Morgan fingerprint density at radius 1 is 1.03 bits per heavy atom. The minimum Gasteiger partial charge on any atom is -0.458 e. The van der Waals surface area contributed by atoms with Gasteiger partial charge in [0.15, 0.2) is 13.8 Å². The first kappa shape index (κ1) is 23.7. The number of hydrogen-bond acceptors (Lipinski definition) is 4. The predicted octanol–water partition coefficient (Wildman–Crippen LogP) is 6.80. The smallest absolute Gasteiger partial charge is 0.345 e. The quantitative estimate of drug-likeness (QED) is 0.209. The highest BCUT2D eigenvalue weighted by molar-refractivity contribution is 8.00. The molecule has 0 amide bonds. The average Bonchev–Trinajstić information content (AvgIpc) is 2.61. The highest BCUT2D eigenvalue weighted by Crippen LogP contribution is 2.41. The molecule has 0 bridgehead atoms. The average molecular weight is 431 g/mol. The van der Waals surface area contributed by atoms with Gasteiger partial charge < -0.3 is 9.16 Å². The van der Waals surface area contributed by atoms with Crippen molar-refractivity contribution in [3.63, 3.8) is 0 Å². The van der Waals surface area contributed by atoms with E-state index in [9.17, 15) is 4.79 Å². The van der Waals surface area contributed by atoms with Crippen molar-refractivity contribution in [3.8, 4) is 0 Å². The molecular formula is C24H34O3SSi. The number of hydrogen-bond donors (Lipinski definition) is 0. The molecule has 2 aromatic carbocycles. The zero-order chi connectivity index (χ0) is 21.8. The standard InChI is InChI=1S/C24H34O3SSi/c1-17-14-18(2)21(19(3)15-17)28-23(27-29(7,8)24(4,5)6)22(25)26-16-20-12-10-9-11-13-20/h9-15,23H,16H2,1-8H3. The van der Waals surface area contributed by atoms with Gasteiger partial charge in [-0.2, -0.15) is 0 Å². The maximum atomic E-state index is 13.1. The Morgan fingerprint density at radius 3 is 2.10 bits per heavy atom. The summed E-state index contributed by atoms with van der Waals surface area (Å²) in [5, 5.41) is 0.00286. The van der Waals surface area contributed by atoms with Gasteiger partial charge in [0.25, 0.3) is 0 Å². The van der Waals surface area contributed by atoms with E-state index in [1.165, 1.54) is 17.3 Å².